The van der Waals surface area contributed by atoms with Gasteiger partial charge in [0.1, 0.15) is 0 Å². The zero-order chi connectivity index (χ0) is 16.9. The Balaban J connectivity index is 1.79. The molecule has 24 heavy (non-hydrogen) atoms. The van der Waals surface area contributed by atoms with E-state index in [2.05, 4.69) is 36.1 Å². The predicted molar refractivity (Wildman–Crippen MR) is 98.8 cm³/mol. The van der Waals surface area contributed by atoms with Crippen molar-refractivity contribution < 1.29 is 4.79 Å². The van der Waals surface area contributed by atoms with Crippen molar-refractivity contribution in [2.75, 3.05) is 20.1 Å². The number of hydrogen-bond donors (Lipinski definition) is 0. The van der Waals surface area contributed by atoms with Crippen LogP contribution in [0.1, 0.15) is 56.1 Å². The summed E-state index contributed by atoms with van der Waals surface area (Å²) in [5.41, 5.74) is 2.71. The molecule has 0 unspecified atom stereocenters. The van der Waals surface area contributed by atoms with Crippen LogP contribution in [0.2, 0.25) is 0 Å². The molecule has 1 heterocycles. The van der Waals surface area contributed by atoms with Crippen molar-refractivity contribution in [1.82, 2.24) is 9.80 Å². The molecule has 0 N–H and O–H groups in total. The first-order valence-electron chi connectivity index (χ1n) is 9.70. The molecule has 3 rings (SSSR count). The van der Waals surface area contributed by atoms with Crippen LogP contribution in [0.3, 0.4) is 0 Å². The van der Waals surface area contributed by atoms with Gasteiger partial charge in [-0.15, -0.1) is 0 Å². The lowest BCUT2D eigenvalue weighted by atomic mass is 9.99. The first-order valence-corrected chi connectivity index (χ1v) is 9.70. The molecule has 3 nitrogen and oxygen atoms in total. The lowest BCUT2D eigenvalue weighted by Gasteiger charge is -2.34. The fourth-order valence-electron chi connectivity index (χ4n) is 4.48. The zero-order valence-electron chi connectivity index (χ0n) is 15.3. The van der Waals surface area contributed by atoms with Crippen molar-refractivity contribution in [3.8, 4) is 0 Å². The summed E-state index contributed by atoms with van der Waals surface area (Å²) in [6.07, 6.45) is 8.37. The predicted octanol–water partition coefficient (Wildman–Crippen LogP) is 4.00. The van der Waals surface area contributed by atoms with Gasteiger partial charge in [0, 0.05) is 26.2 Å². The minimum absolute atomic E-state index is 0.206. The molecule has 0 aromatic heterocycles. The summed E-state index contributed by atoms with van der Waals surface area (Å²) in [7, 11) is 2.00. The number of hydrogen-bond acceptors (Lipinski definition) is 2. The average molecular weight is 329 g/mol. The first kappa shape index (κ1) is 17.5. The normalized spacial score (nSPS) is 26.9. The zero-order valence-corrected chi connectivity index (χ0v) is 15.3. The van der Waals surface area contributed by atoms with Crippen molar-refractivity contribution in [2.45, 2.75) is 64.5 Å². The molecule has 0 radical (unpaired) electrons. The molecule has 3 heteroatoms. The van der Waals surface area contributed by atoms with Crippen molar-refractivity contribution in [3.63, 3.8) is 0 Å². The van der Waals surface area contributed by atoms with E-state index in [-0.39, 0.29) is 5.92 Å². The smallest absolute Gasteiger partial charge is 0.227 e. The Bertz CT molecular complexity index is 557. The third-order valence-electron chi connectivity index (χ3n) is 5.80. The van der Waals surface area contributed by atoms with Crippen molar-refractivity contribution >= 4 is 5.91 Å². The van der Waals surface area contributed by atoms with Gasteiger partial charge in [0.2, 0.25) is 5.91 Å². The molecular formula is C21H32N2O. The Labute approximate surface area is 147 Å². The van der Waals surface area contributed by atoms with Crippen LogP contribution in [0.25, 0.3) is 0 Å². The molecule has 132 valence electrons. The molecule has 0 bridgehead atoms. The van der Waals surface area contributed by atoms with Crippen LogP contribution in [0, 0.1) is 12.8 Å². The first-order chi connectivity index (χ1) is 11.6. The third-order valence-corrected chi connectivity index (χ3v) is 5.80. The second-order valence-corrected chi connectivity index (χ2v) is 7.74. The van der Waals surface area contributed by atoms with Gasteiger partial charge in [-0.1, -0.05) is 49.1 Å². The number of nitrogens with zero attached hydrogens (tertiary/aromatic N) is 2. The van der Waals surface area contributed by atoms with Gasteiger partial charge < -0.3 is 4.90 Å². The van der Waals surface area contributed by atoms with Crippen molar-refractivity contribution in [1.29, 1.82) is 0 Å². The lowest BCUT2D eigenvalue weighted by molar-refractivity contribution is -0.136. The van der Waals surface area contributed by atoms with Gasteiger partial charge in [-0.05, 0) is 44.7 Å². The second kappa shape index (κ2) is 8.15. The highest BCUT2D eigenvalue weighted by molar-refractivity contribution is 5.79. The van der Waals surface area contributed by atoms with E-state index in [1.807, 2.05) is 11.9 Å². The van der Waals surface area contributed by atoms with E-state index in [0.717, 1.165) is 32.5 Å². The Morgan fingerprint density at radius 1 is 1.04 bits per heavy atom. The van der Waals surface area contributed by atoms with Crippen molar-refractivity contribution in [3.05, 3.63) is 35.4 Å². The largest absolute Gasteiger partial charge is 0.345 e. The molecule has 1 saturated heterocycles. The molecule has 1 amide bonds. The van der Waals surface area contributed by atoms with Crippen LogP contribution in [0.15, 0.2) is 24.3 Å². The second-order valence-electron chi connectivity index (χ2n) is 7.74. The van der Waals surface area contributed by atoms with E-state index in [1.165, 1.54) is 43.2 Å². The Morgan fingerprint density at radius 3 is 2.62 bits per heavy atom. The molecule has 2 fully saturated rings. The van der Waals surface area contributed by atoms with Gasteiger partial charge in [-0.3, -0.25) is 9.69 Å². The summed E-state index contributed by atoms with van der Waals surface area (Å²) in [6, 6.07) is 9.27. The third kappa shape index (κ3) is 4.18. The summed E-state index contributed by atoms with van der Waals surface area (Å²) in [5.74, 6) is 0.589. The van der Waals surface area contributed by atoms with Gasteiger partial charge >= 0.3 is 0 Å². The van der Waals surface area contributed by atoms with Crippen LogP contribution in [0.4, 0.5) is 0 Å². The SMILES string of the molecule is Cc1cccc(CN2CCCCCCN(C)C(=O)[C@@H]3CCC[C@@H]32)c1. The highest BCUT2D eigenvalue weighted by Crippen LogP contribution is 2.33. The molecule has 1 aromatic carbocycles. The Hall–Kier alpha value is -1.35. The minimum Gasteiger partial charge on any atom is -0.345 e. The fraction of sp³-hybridized carbons (Fsp3) is 0.667. The molecule has 0 spiro atoms. The number of aryl methyl sites for hydroxylation is 1. The van der Waals surface area contributed by atoms with Gasteiger partial charge in [-0.2, -0.15) is 0 Å². The van der Waals surface area contributed by atoms with E-state index in [9.17, 15) is 4.79 Å². The summed E-state index contributed by atoms with van der Waals surface area (Å²) in [4.78, 5) is 17.5. The minimum atomic E-state index is 0.206. The van der Waals surface area contributed by atoms with Crippen LogP contribution >= 0.6 is 0 Å². The summed E-state index contributed by atoms with van der Waals surface area (Å²) < 4.78 is 0. The van der Waals surface area contributed by atoms with Gasteiger partial charge in [0.05, 0.1) is 5.92 Å². The van der Waals surface area contributed by atoms with E-state index in [4.69, 9.17) is 0 Å². The summed E-state index contributed by atoms with van der Waals surface area (Å²) >= 11 is 0. The Kier molecular flexibility index (Phi) is 5.94. The van der Waals surface area contributed by atoms with Crippen LogP contribution < -0.4 is 0 Å². The van der Waals surface area contributed by atoms with Crippen LogP contribution in [-0.2, 0) is 11.3 Å². The molecule has 1 saturated carbocycles. The molecule has 1 aliphatic heterocycles. The van der Waals surface area contributed by atoms with Gasteiger partial charge in [0.25, 0.3) is 0 Å². The number of carbonyl (C=O) groups is 1. The lowest BCUT2D eigenvalue weighted by Crippen LogP contribution is -2.44. The number of benzene rings is 1. The van der Waals surface area contributed by atoms with E-state index in [1.54, 1.807) is 0 Å². The molecule has 1 aliphatic carbocycles. The van der Waals surface area contributed by atoms with Gasteiger partial charge in [-0.25, -0.2) is 0 Å². The van der Waals surface area contributed by atoms with Crippen LogP contribution in [-0.4, -0.2) is 41.9 Å². The quantitative estimate of drug-likeness (QED) is 0.819. The monoisotopic (exact) mass is 328 g/mol. The maximum absolute atomic E-state index is 12.9. The van der Waals surface area contributed by atoms with E-state index in [0.29, 0.717) is 11.9 Å². The average Bonchev–Trinajstić information content (AvgIpc) is 3.04. The summed E-state index contributed by atoms with van der Waals surface area (Å²) in [5, 5.41) is 0. The number of rotatable bonds is 2. The number of carbonyl (C=O) groups excluding carboxylic acids is 1. The number of fused-ring (bicyclic) bond motifs is 1. The highest BCUT2D eigenvalue weighted by atomic mass is 16.2. The Morgan fingerprint density at radius 2 is 1.83 bits per heavy atom. The molecular weight excluding hydrogens is 296 g/mol. The number of amides is 1. The van der Waals surface area contributed by atoms with Crippen LogP contribution in [0.5, 0.6) is 0 Å². The van der Waals surface area contributed by atoms with E-state index >= 15 is 0 Å². The molecule has 1 aromatic rings. The standard InChI is InChI=1S/C21H32N2O/c1-17-9-7-10-18(15-17)16-23-14-6-4-3-5-13-22(2)21(24)19-11-8-12-20(19)23/h7,9-10,15,19-20H,3-6,8,11-14,16H2,1-2H3/t19-,20+/m1/s1. The summed E-state index contributed by atoms with van der Waals surface area (Å²) in [6.45, 7) is 5.21. The van der Waals surface area contributed by atoms with E-state index < -0.39 is 0 Å². The maximum Gasteiger partial charge on any atom is 0.227 e. The molecule has 2 atom stereocenters. The fourth-order valence-corrected chi connectivity index (χ4v) is 4.48. The molecule has 2 aliphatic rings. The topological polar surface area (TPSA) is 23.6 Å². The maximum atomic E-state index is 12.9. The van der Waals surface area contributed by atoms with Gasteiger partial charge in [0.15, 0.2) is 0 Å². The highest BCUT2D eigenvalue weighted by Gasteiger charge is 2.38. The van der Waals surface area contributed by atoms with Crippen molar-refractivity contribution in [2.24, 2.45) is 5.92 Å².